The van der Waals surface area contributed by atoms with Gasteiger partial charge < -0.3 is 8.94 Å². The lowest BCUT2D eigenvalue weighted by Crippen LogP contribution is -2.24. The van der Waals surface area contributed by atoms with Crippen LogP contribution in [-0.4, -0.2) is 34.9 Å². The summed E-state index contributed by atoms with van der Waals surface area (Å²) in [4.78, 5) is 16.5. The Bertz CT molecular complexity index is 996. The first-order chi connectivity index (χ1) is 10.7. The van der Waals surface area contributed by atoms with Gasteiger partial charge in [-0.2, -0.15) is 10.1 Å². The number of rotatable bonds is 3. The minimum atomic E-state index is -0.318. The third kappa shape index (κ3) is 1.89. The minimum absolute atomic E-state index is 0.0293. The van der Waals surface area contributed by atoms with Gasteiger partial charge in [-0.3, -0.25) is 4.79 Å². The van der Waals surface area contributed by atoms with Gasteiger partial charge in [0.05, 0.1) is 18.0 Å². The number of aryl methyl sites for hydroxylation is 1. The van der Waals surface area contributed by atoms with Crippen molar-refractivity contribution < 1.29 is 8.94 Å². The fourth-order valence-electron chi connectivity index (χ4n) is 2.04. The first-order valence-corrected chi connectivity index (χ1v) is 6.33. The van der Waals surface area contributed by atoms with Gasteiger partial charge in [0.1, 0.15) is 18.2 Å². The summed E-state index contributed by atoms with van der Waals surface area (Å²) in [6.07, 6.45) is 4.47. The predicted octanol–water partition coefficient (Wildman–Crippen LogP) is 0.216. The van der Waals surface area contributed by atoms with Crippen LogP contribution in [-0.2, 0) is 13.6 Å². The fraction of sp³-hybridized carbons (Fsp3) is 0.167. The highest BCUT2D eigenvalue weighted by Gasteiger charge is 2.14. The molecule has 0 atom stereocenters. The third-order valence-electron chi connectivity index (χ3n) is 3.15. The van der Waals surface area contributed by atoms with Crippen LogP contribution in [0.5, 0.6) is 0 Å². The summed E-state index contributed by atoms with van der Waals surface area (Å²) >= 11 is 0. The molecule has 10 heteroatoms. The molecule has 0 spiro atoms. The van der Waals surface area contributed by atoms with Crippen LogP contribution in [0.15, 0.2) is 38.5 Å². The average molecular weight is 299 g/mol. The molecule has 4 rings (SSSR count). The lowest BCUT2D eigenvalue weighted by Gasteiger charge is -1.99. The highest BCUT2D eigenvalue weighted by Crippen LogP contribution is 2.15. The molecule has 0 saturated heterocycles. The molecule has 0 fully saturated rings. The lowest BCUT2D eigenvalue weighted by atomic mass is 10.3. The molecule has 0 N–H and O–H groups in total. The molecule has 0 radical (unpaired) electrons. The number of hydrogen-bond acceptors (Lipinski definition) is 8. The van der Waals surface area contributed by atoms with E-state index in [0.717, 1.165) is 4.68 Å². The molecule has 0 aliphatic carbocycles. The molecule has 22 heavy (non-hydrogen) atoms. The maximum Gasteiger partial charge on any atom is 0.281 e. The number of hydrogen-bond donors (Lipinski definition) is 0. The van der Waals surface area contributed by atoms with Crippen molar-refractivity contribution in [2.45, 2.75) is 6.54 Å². The summed E-state index contributed by atoms with van der Waals surface area (Å²) in [5.41, 5.74) is 0.795. The number of fused-ring (bicyclic) bond motifs is 1. The maximum atomic E-state index is 12.3. The second-order valence-electron chi connectivity index (χ2n) is 4.58. The largest absolute Gasteiger partial charge is 0.472 e. The molecule has 0 aliphatic rings. The van der Waals surface area contributed by atoms with Crippen molar-refractivity contribution >= 4 is 11.0 Å². The van der Waals surface area contributed by atoms with Crippen molar-refractivity contribution in [1.29, 1.82) is 0 Å². The van der Waals surface area contributed by atoms with Gasteiger partial charge in [0, 0.05) is 7.05 Å². The summed E-state index contributed by atoms with van der Waals surface area (Å²) in [5, 5.41) is 16.0. The Morgan fingerprint density at radius 1 is 1.36 bits per heavy atom. The fourth-order valence-corrected chi connectivity index (χ4v) is 2.04. The van der Waals surface area contributed by atoms with E-state index in [1.165, 1.54) is 23.4 Å². The van der Waals surface area contributed by atoms with Crippen molar-refractivity contribution in [1.82, 2.24) is 34.9 Å². The average Bonchev–Trinajstić information content (AvgIpc) is 3.23. The van der Waals surface area contributed by atoms with E-state index < -0.39 is 0 Å². The van der Waals surface area contributed by atoms with Crippen molar-refractivity contribution in [2.75, 3.05) is 0 Å². The Morgan fingerprint density at radius 2 is 2.27 bits per heavy atom. The van der Waals surface area contributed by atoms with Gasteiger partial charge >= 0.3 is 0 Å². The standard InChI is InChI=1S/C12H9N7O3/c1-18-11-8(4-13-18)12(20)19(17-15-11)5-9-14-10(16-22-9)7-2-3-21-6-7/h2-4,6H,5H2,1H3. The van der Waals surface area contributed by atoms with Crippen LogP contribution >= 0.6 is 0 Å². The Kier molecular flexibility index (Phi) is 2.61. The Hall–Kier alpha value is -3.30. The summed E-state index contributed by atoms with van der Waals surface area (Å²) in [5.74, 6) is 0.628. The molecule has 0 aliphatic heterocycles. The van der Waals surface area contributed by atoms with Crippen LogP contribution in [0, 0.1) is 0 Å². The van der Waals surface area contributed by atoms with Crippen LogP contribution in [0.2, 0.25) is 0 Å². The predicted molar refractivity (Wildman–Crippen MR) is 71.7 cm³/mol. The SMILES string of the molecule is Cn1ncc2c(=O)n(Cc3nc(-c4ccoc4)no3)nnc21. The second-order valence-corrected chi connectivity index (χ2v) is 4.58. The highest BCUT2D eigenvalue weighted by molar-refractivity contribution is 5.72. The normalized spacial score (nSPS) is 11.3. The van der Waals surface area contributed by atoms with E-state index in [4.69, 9.17) is 8.94 Å². The number of aromatic nitrogens is 7. The molecule has 4 aromatic rings. The molecule has 0 unspecified atom stereocenters. The molecule has 4 aromatic heterocycles. The molecule has 110 valence electrons. The number of furan rings is 1. The van der Waals surface area contributed by atoms with Gasteiger partial charge in [-0.05, 0) is 6.07 Å². The topological polar surface area (TPSA) is 118 Å². The van der Waals surface area contributed by atoms with E-state index in [-0.39, 0.29) is 18.0 Å². The van der Waals surface area contributed by atoms with Crippen LogP contribution in [0.4, 0.5) is 0 Å². The first-order valence-electron chi connectivity index (χ1n) is 6.33. The van der Waals surface area contributed by atoms with E-state index in [1.54, 1.807) is 13.1 Å². The molecule has 0 amide bonds. The maximum absolute atomic E-state index is 12.3. The lowest BCUT2D eigenvalue weighted by molar-refractivity contribution is 0.361. The molecular formula is C12H9N7O3. The van der Waals surface area contributed by atoms with Gasteiger partial charge in [0.2, 0.25) is 11.7 Å². The molecule has 4 heterocycles. The number of nitrogens with zero attached hydrogens (tertiary/aromatic N) is 7. The van der Waals surface area contributed by atoms with Crippen molar-refractivity contribution in [2.24, 2.45) is 7.05 Å². The van der Waals surface area contributed by atoms with Gasteiger partial charge in [0.25, 0.3) is 5.56 Å². The molecule has 0 bridgehead atoms. The van der Waals surface area contributed by atoms with E-state index in [9.17, 15) is 4.79 Å². The summed E-state index contributed by atoms with van der Waals surface area (Å²) in [6, 6.07) is 1.71. The van der Waals surface area contributed by atoms with E-state index in [1.807, 2.05) is 0 Å². The van der Waals surface area contributed by atoms with Gasteiger partial charge in [0.15, 0.2) is 5.65 Å². The van der Waals surface area contributed by atoms with E-state index >= 15 is 0 Å². The Balaban J connectivity index is 1.69. The summed E-state index contributed by atoms with van der Waals surface area (Å²) in [6.45, 7) is 0.0293. The van der Waals surface area contributed by atoms with Gasteiger partial charge in [-0.15, -0.1) is 5.10 Å². The van der Waals surface area contributed by atoms with Crippen molar-refractivity contribution in [3.05, 3.63) is 41.0 Å². The Labute approximate surface area is 122 Å². The van der Waals surface area contributed by atoms with Crippen LogP contribution in [0.3, 0.4) is 0 Å². The van der Waals surface area contributed by atoms with Crippen LogP contribution in [0.25, 0.3) is 22.4 Å². The summed E-state index contributed by atoms with van der Waals surface area (Å²) in [7, 11) is 1.69. The zero-order valence-corrected chi connectivity index (χ0v) is 11.4. The molecule has 0 aromatic carbocycles. The first kappa shape index (κ1) is 12.4. The zero-order chi connectivity index (χ0) is 15.1. The highest BCUT2D eigenvalue weighted by atomic mass is 16.5. The van der Waals surface area contributed by atoms with E-state index in [0.29, 0.717) is 22.4 Å². The van der Waals surface area contributed by atoms with Gasteiger partial charge in [-0.25, -0.2) is 9.36 Å². The smallest absolute Gasteiger partial charge is 0.281 e. The quantitative estimate of drug-likeness (QED) is 0.527. The van der Waals surface area contributed by atoms with Crippen LogP contribution < -0.4 is 5.56 Å². The molecule has 0 saturated carbocycles. The minimum Gasteiger partial charge on any atom is -0.472 e. The summed E-state index contributed by atoms with van der Waals surface area (Å²) < 4.78 is 12.7. The molecular weight excluding hydrogens is 290 g/mol. The monoisotopic (exact) mass is 299 g/mol. The van der Waals surface area contributed by atoms with Gasteiger partial charge in [-0.1, -0.05) is 10.4 Å². The van der Waals surface area contributed by atoms with Crippen LogP contribution in [0.1, 0.15) is 5.89 Å². The second kappa shape index (κ2) is 4.62. The zero-order valence-electron chi connectivity index (χ0n) is 11.4. The van der Waals surface area contributed by atoms with E-state index in [2.05, 4.69) is 25.6 Å². The third-order valence-corrected chi connectivity index (χ3v) is 3.15. The Morgan fingerprint density at radius 3 is 3.09 bits per heavy atom. The molecule has 10 nitrogen and oxygen atoms in total. The van der Waals surface area contributed by atoms with Crippen molar-refractivity contribution in [3.8, 4) is 11.4 Å². The van der Waals surface area contributed by atoms with Crippen molar-refractivity contribution in [3.63, 3.8) is 0 Å².